The molecular weight excluding hydrogens is 553 g/mol. The molecule has 3 aromatic rings. The van der Waals surface area contributed by atoms with Gasteiger partial charge >= 0.3 is 0 Å². The predicted molar refractivity (Wildman–Crippen MR) is 156 cm³/mol. The lowest BCUT2D eigenvalue weighted by Crippen LogP contribution is -2.53. The molecule has 0 unspecified atom stereocenters. The number of nitrogens with zero attached hydrogens (tertiary/aromatic N) is 2. The molecule has 0 aliphatic heterocycles. The van der Waals surface area contributed by atoms with Crippen LogP contribution in [0.4, 0.5) is 10.1 Å². The second-order valence-corrected chi connectivity index (χ2v) is 11.9. The fourth-order valence-corrected chi connectivity index (χ4v) is 5.87. The van der Waals surface area contributed by atoms with Crippen LogP contribution in [-0.4, -0.2) is 43.8 Å². The number of para-hydroxylation sites is 1. The zero-order chi connectivity index (χ0) is 29.4. The van der Waals surface area contributed by atoms with Crippen molar-refractivity contribution in [1.29, 1.82) is 0 Å². The van der Waals surface area contributed by atoms with Gasteiger partial charge in [0, 0.05) is 12.6 Å². The third kappa shape index (κ3) is 7.61. The van der Waals surface area contributed by atoms with Crippen LogP contribution in [0.3, 0.4) is 0 Å². The van der Waals surface area contributed by atoms with Gasteiger partial charge in [-0.15, -0.1) is 0 Å². The number of aryl methyl sites for hydroxylation is 1. The summed E-state index contributed by atoms with van der Waals surface area (Å²) in [5, 5.41) is 3.07. The smallest absolute Gasteiger partial charge is 0.264 e. The van der Waals surface area contributed by atoms with Crippen LogP contribution in [0.5, 0.6) is 0 Å². The summed E-state index contributed by atoms with van der Waals surface area (Å²) in [6, 6.07) is 17.3. The van der Waals surface area contributed by atoms with Gasteiger partial charge in [-0.25, -0.2) is 12.8 Å². The Morgan fingerprint density at radius 2 is 1.57 bits per heavy atom. The van der Waals surface area contributed by atoms with Gasteiger partial charge < -0.3 is 10.2 Å². The molecule has 1 N–H and O–H groups in total. The number of rotatable bonds is 12. The highest BCUT2D eigenvalue weighted by Gasteiger charge is 2.34. The SMILES string of the molecule is CC[C@H](C(=O)N[C@@H](C)CC)N(Cc1ccc(F)cc1)C(=O)CN(c1ccccc1Cl)S(=O)(=O)c1ccc(C)cc1. The van der Waals surface area contributed by atoms with Crippen LogP contribution in [0.1, 0.15) is 44.7 Å². The van der Waals surface area contributed by atoms with Crippen LogP contribution in [0, 0.1) is 12.7 Å². The quantitative estimate of drug-likeness (QED) is 0.294. The zero-order valence-corrected chi connectivity index (χ0v) is 24.7. The molecule has 2 amide bonds. The molecule has 7 nitrogen and oxygen atoms in total. The summed E-state index contributed by atoms with van der Waals surface area (Å²) in [6.07, 6.45) is 0.981. The number of carbonyl (C=O) groups is 2. The van der Waals surface area contributed by atoms with Gasteiger partial charge in [-0.05, 0) is 68.7 Å². The summed E-state index contributed by atoms with van der Waals surface area (Å²) in [5.74, 6) is -1.39. The predicted octanol–water partition coefficient (Wildman–Crippen LogP) is 5.70. The molecule has 3 rings (SSSR count). The van der Waals surface area contributed by atoms with Crippen molar-refractivity contribution in [3.05, 3.63) is 94.8 Å². The first-order valence-electron chi connectivity index (χ1n) is 13.2. The zero-order valence-electron chi connectivity index (χ0n) is 23.1. The highest BCUT2D eigenvalue weighted by atomic mass is 35.5. The van der Waals surface area contributed by atoms with Crippen LogP contribution in [-0.2, 0) is 26.2 Å². The summed E-state index contributed by atoms with van der Waals surface area (Å²) in [4.78, 5) is 28.6. The maximum absolute atomic E-state index is 14.0. The molecule has 0 saturated carbocycles. The largest absolute Gasteiger partial charge is 0.352 e. The minimum atomic E-state index is -4.22. The lowest BCUT2D eigenvalue weighted by molar-refractivity contribution is -0.140. The van der Waals surface area contributed by atoms with Crippen LogP contribution in [0.2, 0.25) is 5.02 Å². The number of hydrogen-bond acceptors (Lipinski definition) is 4. The first-order chi connectivity index (χ1) is 19.0. The van der Waals surface area contributed by atoms with Crippen molar-refractivity contribution in [2.45, 2.75) is 64.1 Å². The van der Waals surface area contributed by atoms with Crippen LogP contribution < -0.4 is 9.62 Å². The Morgan fingerprint density at radius 1 is 0.950 bits per heavy atom. The fraction of sp³-hybridized carbons (Fsp3) is 0.333. The Labute approximate surface area is 241 Å². The average molecular weight is 588 g/mol. The van der Waals surface area contributed by atoms with E-state index in [9.17, 15) is 22.4 Å². The van der Waals surface area contributed by atoms with Crippen molar-refractivity contribution in [1.82, 2.24) is 10.2 Å². The van der Waals surface area contributed by atoms with Gasteiger partial charge in [0.2, 0.25) is 11.8 Å². The van der Waals surface area contributed by atoms with Crippen LogP contribution in [0.25, 0.3) is 0 Å². The van der Waals surface area contributed by atoms with E-state index >= 15 is 0 Å². The van der Waals surface area contributed by atoms with Crippen LogP contribution in [0.15, 0.2) is 77.7 Å². The monoisotopic (exact) mass is 587 g/mol. The molecule has 0 radical (unpaired) electrons. The maximum Gasteiger partial charge on any atom is 0.264 e. The number of nitrogens with one attached hydrogen (secondary N) is 1. The minimum absolute atomic E-state index is 0.00235. The third-order valence-corrected chi connectivity index (χ3v) is 8.76. The number of benzene rings is 3. The number of amides is 2. The molecule has 10 heteroatoms. The van der Waals surface area contributed by atoms with Crippen molar-refractivity contribution < 1.29 is 22.4 Å². The highest BCUT2D eigenvalue weighted by Crippen LogP contribution is 2.31. The standard InChI is InChI=1S/C30H35ClFN3O4S/c1-5-22(4)33-30(37)27(6-2)34(19-23-13-15-24(32)16-14-23)29(36)20-35(28-10-8-7-9-26(28)31)40(38,39)25-17-11-21(3)12-18-25/h7-18,22,27H,5-6,19-20H2,1-4H3,(H,33,37)/t22-,27+/m0/s1. The topological polar surface area (TPSA) is 86.8 Å². The number of hydrogen-bond donors (Lipinski definition) is 1. The molecule has 0 saturated heterocycles. The lowest BCUT2D eigenvalue weighted by atomic mass is 10.1. The fourth-order valence-electron chi connectivity index (χ4n) is 4.15. The number of sulfonamides is 1. The van der Waals surface area contributed by atoms with Gasteiger partial charge in [-0.1, -0.05) is 67.4 Å². The number of carbonyl (C=O) groups excluding carboxylic acids is 2. The second kappa shape index (κ2) is 13.8. The molecule has 214 valence electrons. The van der Waals surface area contributed by atoms with E-state index in [1.54, 1.807) is 37.3 Å². The molecule has 2 atom stereocenters. The third-order valence-electron chi connectivity index (χ3n) is 6.66. The normalized spacial score (nSPS) is 12.8. The molecule has 0 heterocycles. The molecule has 0 aliphatic rings. The summed E-state index contributed by atoms with van der Waals surface area (Å²) < 4.78 is 42.3. The maximum atomic E-state index is 14.0. The molecule has 40 heavy (non-hydrogen) atoms. The van der Waals surface area contributed by atoms with Crippen LogP contribution >= 0.6 is 11.6 Å². The van der Waals surface area contributed by atoms with E-state index in [-0.39, 0.29) is 40.5 Å². The molecule has 0 spiro atoms. The first kappa shape index (κ1) is 31.1. The van der Waals surface area contributed by atoms with E-state index in [0.29, 0.717) is 12.0 Å². The molecular formula is C30H35ClFN3O4S. The second-order valence-electron chi connectivity index (χ2n) is 9.67. The highest BCUT2D eigenvalue weighted by molar-refractivity contribution is 7.92. The van der Waals surface area contributed by atoms with E-state index in [2.05, 4.69) is 5.32 Å². The average Bonchev–Trinajstić information content (AvgIpc) is 2.93. The van der Waals surface area contributed by atoms with Gasteiger partial charge in [-0.3, -0.25) is 13.9 Å². The Kier molecular flexibility index (Phi) is 10.7. The number of anilines is 1. The molecule has 0 bridgehead atoms. The van der Waals surface area contributed by atoms with E-state index in [0.717, 1.165) is 9.87 Å². The van der Waals surface area contributed by atoms with Gasteiger partial charge in [0.05, 0.1) is 15.6 Å². The van der Waals surface area contributed by atoms with Gasteiger partial charge in [0.25, 0.3) is 10.0 Å². The first-order valence-corrected chi connectivity index (χ1v) is 15.0. The Morgan fingerprint density at radius 3 is 2.15 bits per heavy atom. The summed E-state index contributed by atoms with van der Waals surface area (Å²) >= 11 is 6.43. The van der Waals surface area contributed by atoms with Gasteiger partial charge in [0.1, 0.15) is 18.4 Å². The van der Waals surface area contributed by atoms with Gasteiger partial charge in [-0.2, -0.15) is 0 Å². The molecule has 3 aromatic carbocycles. The summed E-state index contributed by atoms with van der Waals surface area (Å²) in [6.45, 7) is 6.80. The Bertz CT molecular complexity index is 1420. The molecule has 0 fully saturated rings. The Balaban J connectivity index is 2.06. The van der Waals surface area contributed by atoms with E-state index < -0.39 is 34.3 Å². The molecule has 0 aromatic heterocycles. The molecule has 0 aliphatic carbocycles. The minimum Gasteiger partial charge on any atom is -0.352 e. The van der Waals surface area contributed by atoms with Crippen molar-refractivity contribution in [2.75, 3.05) is 10.8 Å². The van der Waals surface area contributed by atoms with Crippen molar-refractivity contribution in [3.63, 3.8) is 0 Å². The van der Waals surface area contributed by atoms with E-state index in [1.165, 1.54) is 47.4 Å². The van der Waals surface area contributed by atoms with Crippen molar-refractivity contribution >= 4 is 39.1 Å². The van der Waals surface area contributed by atoms with Gasteiger partial charge in [0.15, 0.2) is 0 Å². The summed E-state index contributed by atoms with van der Waals surface area (Å²) in [5.41, 5.74) is 1.61. The van der Waals surface area contributed by atoms with E-state index in [4.69, 9.17) is 11.6 Å². The Hall–Kier alpha value is -3.43. The van der Waals surface area contributed by atoms with Crippen molar-refractivity contribution in [2.24, 2.45) is 0 Å². The summed E-state index contributed by atoms with van der Waals surface area (Å²) in [7, 11) is -4.22. The lowest BCUT2D eigenvalue weighted by Gasteiger charge is -2.34. The van der Waals surface area contributed by atoms with Crippen molar-refractivity contribution in [3.8, 4) is 0 Å². The number of halogens is 2. The van der Waals surface area contributed by atoms with E-state index in [1.807, 2.05) is 20.8 Å².